The molecule has 0 atom stereocenters. The second kappa shape index (κ2) is 4.27. The Morgan fingerprint density at radius 1 is 1.91 bits per heavy atom. The summed E-state index contributed by atoms with van der Waals surface area (Å²) in [5.41, 5.74) is 3.64. The molecule has 0 aliphatic carbocycles. The van der Waals surface area contributed by atoms with E-state index in [1.54, 1.807) is 5.51 Å². The number of hydrogen-bond acceptors (Lipinski definition) is 6. The number of carbonyl (C=O) groups excluding carboxylic acids is 1. The van der Waals surface area contributed by atoms with Crippen LogP contribution in [0.25, 0.3) is 0 Å². The van der Waals surface area contributed by atoms with Gasteiger partial charge in [-0.1, -0.05) is 23.1 Å². The molecule has 0 saturated carbocycles. The SMILES string of the molecule is NNC(=O)CSc1nncs1. The minimum Gasteiger partial charge on any atom is -0.294 e. The third-order valence-corrected chi connectivity index (χ3v) is 2.69. The normalized spacial score (nSPS) is 9.55. The minimum atomic E-state index is -0.217. The zero-order valence-electron chi connectivity index (χ0n) is 5.48. The number of nitrogens with zero attached hydrogens (tertiary/aromatic N) is 2. The molecule has 1 aromatic rings. The molecule has 0 radical (unpaired) electrons. The summed E-state index contributed by atoms with van der Waals surface area (Å²) in [5.74, 6) is 4.93. The first-order chi connectivity index (χ1) is 5.33. The number of aromatic nitrogens is 2. The first-order valence-corrected chi connectivity index (χ1v) is 4.58. The highest BCUT2D eigenvalue weighted by atomic mass is 32.2. The molecule has 0 spiro atoms. The molecule has 1 amide bonds. The number of thioether (sulfide) groups is 1. The molecule has 11 heavy (non-hydrogen) atoms. The molecule has 5 nitrogen and oxygen atoms in total. The summed E-state index contributed by atoms with van der Waals surface area (Å²) in [7, 11) is 0. The van der Waals surface area contributed by atoms with E-state index in [1.165, 1.54) is 23.1 Å². The van der Waals surface area contributed by atoms with Gasteiger partial charge in [-0.15, -0.1) is 10.2 Å². The maximum Gasteiger partial charge on any atom is 0.244 e. The molecule has 0 aliphatic rings. The second-order valence-electron chi connectivity index (χ2n) is 1.56. The summed E-state index contributed by atoms with van der Waals surface area (Å²) in [6.07, 6.45) is 0. The predicted molar refractivity (Wildman–Crippen MR) is 43.0 cm³/mol. The van der Waals surface area contributed by atoms with Crippen LogP contribution < -0.4 is 11.3 Å². The molecule has 1 heterocycles. The van der Waals surface area contributed by atoms with E-state index in [2.05, 4.69) is 10.2 Å². The summed E-state index contributed by atoms with van der Waals surface area (Å²) in [6, 6.07) is 0. The Morgan fingerprint density at radius 2 is 2.73 bits per heavy atom. The molecule has 0 bridgehead atoms. The molecule has 0 saturated heterocycles. The van der Waals surface area contributed by atoms with Gasteiger partial charge in [0.2, 0.25) is 5.91 Å². The lowest BCUT2D eigenvalue weighted by Crippen LogP contribution is -2.31. The quantitative estimate of drug-likeness (QED) is 0.294. The summed E-state index contributed by atoms with van der Waals surface area (Å²) < 4.78 is 0.772. The number of hydrazine groups is 1. The second-order valence-corrected chi connectivity index (χ2v) is 3.62. The van der Waals surface area contributed by atoms with Crippen molar-refractivity contribution < 1.29 is 4.79 Å². The first kappa shape index (κ1) is 8.44. The average molecular weight is 190 g/mol. The third-order valence-electron chi connectivity index (χ3n) is 0.828. The lowest BCUT2D eigenvalue weighted by Gasteiger charge is -1.94. The number of nitrogens with two attached hydrogens (primary N) is 1. The van der Waals surface area contributed by atoms with Crippen molar-refractivity contribution in [1.29, 1.82) is 0 Å². The average Bonchev–Trinajstić information content (AvgIpc) is 2.52. The number of carbonyl (C=O) groups is 1. The maximum atomic E-state index is 10.6. The van der Waals surface area contributed by atoms with E-state index in [-0.39, 0.29) is 11.7 Å². The first-order valence-electron chi connectivity index (χ1n) is 2.71. The Bertz CT molecular complexity index is 224. The van der Waals surface area contributed by atoms with Gasteiger partial charge in [0.25, 0.3) is 0 Å². The van der Waals surface area contributed by atoms with E-state index in [0.717, 1.165) is 4.34 Å². The Labute approximate surface area is 71.4 Å². The van der Waals surface area contributed by atoms with Crippen molar-refractivity contribution in [2.24, 2.45) is 5.84 Å². The highest BCUT2D eigenvalue weighted by Crippen LogP contribution is 2.17. The number of rotatable bonds is 3. The third kappa shape index (κ3) is 2.83. The van der Waals surface area contributed by atoms with E-state index in [1.807, 2.05) is 5.43 Å². The van der Waals surface area contributed by atoms with E-state index in [0.29, 0.717) is 0 Å². The van der Waals surface area contributed by atoms with Crippen LogP contribution in [0.2, 0.25) is 0 Å². The molecule has 0 aliphatic heterocycles. The fourth-order valence-electron chi connectivity index (χ4n) is 0.395. The van der Waals surface area contributed by atoms with Gasteiger partial charge in [-0.3, -0.25) is 10.2 Å². The highest BCUT2D eigenvalue weighted by molar-refractivity contribution is 8.01. The predicted octanol–water partition coefficient (Wildman–Crippen LogP) is -0.380. The van der Waals surface area contributed by atoms with Crippen molar-refractivity contribution >= 4 is 29.0 Å². The van der Waals surface area contributed by atoms with Gasteiger partial charge in [-0.2, -0.15) is 0 Å². The van der Waals surface area contributed by atoms with Crippen molar-refractivity contribution in [3.05, 3.63) is 5.51 Å². The lowest BCUT2D eigenvalue weighted by atomic mass is 10.8. The van der Waals surface area contributed by atoms with Crippen LogP contribution in [0.1, 0.15) is 0 Å². The molecule has 60 valence electrons. The van der Waals surface area contributed by atoms with Crippen LogP contribution in [0.5, 0.6) is 0 Å². The van der Waals surface area contributed by atoms with Crippen LogP contribution in [0.15, 0.2) is 9.85 Å². The van der Waals surface area contributed by atoms with Gasteiger partial charge in [0, 0.05) is 0 Å². The van der Waals surface area contributed by atoms with Gasteiger partial charge in [-0.25, -0.2) is 5.84 Å². The molecule has 1 aromatic heterocycles. The maximum absolute atomic E-state index is 10.6. The monoisotopic (exact) mass is 190 g/mol. The van der Waals surface area contributed by atoms with Crippen molar-refractivity contribution in [1.82, 2.24) is 15.6 Å². The largest absolute Gasteiger partial charge is 0.294 e. The molecule has 3 N–H and O–H groups in total. The molecule has 1 rings (SSSR count). The van der Waals surface area contributed by atoms with Crippen LogP contribution in [0.3, 0.4) is 0 Å². The molecule has 0 fully saturated rings. The standard InChI is InChI=1S/C4H6N4OS2/c5-7-3(9)1-10-4-8-6-2-11-4/h2H,1,5H2,(H,7,9). The van der Waals surface area contributed by atoms with Crippen molar-refractivity contribution in [3.8, 4) is 0 Å². The highest BCUT2D eigenvalue weighted by Gasteiger charge is 2.01. The molecule has 0 unspecified atom stereocenters. The van der Waals surface area contributed by atoms with Gasteiger partial charge >= 0.3 is 0 Å². The fourth-order valence-corrected chi connectivity index (χ4v) is 1.69. The summed E-state index contributed by atoms with van der Waals surface area (Å²) in [4.78, 5) is 10.6. The van der Waals surface area contributed by atoms with E-state index in [4.69, 9.17) is 5.84 Å². The van der Waals surface area contributed by atoms with Gasteiger partial charge in [0.1, 0.15) is 5.51 Å². The topological polar surface area (TPSA) is 80.9 Å². The van der Waals surface area contributed by atoms with Crippen LogP contribution in [0, 0.1) is 0 Å². The Balaban J connectivity index is 2.29. The molecular weight excluding hydrogens is 184 g/mol. The number of amides is 1. The van der Waals surface area contributed by atoms with E-state index in [9.17, 15) is 4.79 Å². The van der Waals surface area contributed by atoms with Crippen LogP contribution in [-0.2, 0) is 4.79 Å². The van der Waals surface area contributed by atoms with Crippen molar-refractivity contribution in [2.45, 2.75) is 4.34 Å². The van der Waals surface area contributed by atoms with Gasteiger partial charge in [0.15, 0.2) is 4.34 Å². The Kier molecular flexibility index (Phi) is 3.27. The van der Waals surface area contributed by atoms with Crippen LogP contribution >= 0.6 is 23.1 Å². The Hall–Kier alpha value is -0.660. The molecular formula is C4H6N4OS2. The van der Waals surface area contributed by atoms with Crippen LogP contribution in [-0.4, -0.2) is 21.9 Å². The minimum absolute atomic E-state index is 0.217. The van der Waals surface area contributed by atoms with Crippen molar-refractivity contribution in [3.63, 3.8) is 0 Å². The summed E-state index contributed by atoms with van der Waals surface area (Å²) in [6.45, 7) is 0. The molecule has 7 heteroatoms. The van der Waals surface area contributed by atoms with Gasteiger partial charge < -0.3 is 0 Å². The number of nitrogens with one attached hydrogen (secondary N) is 1. The fraction of sp³-hybridized carbons (Fsp3) is 0.250. The zero-order valence-corrected chi connectivity index (χ0v) is 7.11. The smallest absolute Gasteiger partial charge is 0.244 e. The van der Waals surface area contributed by atoms with Crippen LogP contribution in [0.4, 0.5) is 0 Å². The number of hydrogen-bond donors (Lipinski definition) is 2. The van der Waals surface area contributed by atoms with E-state index >= 15 is 0 Å². The lowest BCUT2D eigenvalue weighted by molar-refractivity contribution is -0.118. The summed E-state index contributed by atoms with van der Waals surface area (Å²) >= 11 is 2.71. The zero-order chi connectivity index (χ0) is 8.10. The van der Waals surface area contributed by atoms with Crippen molar-refractivity contribution in [2.75, 3.05) is 5.75 Å². The Morgan fingerprint density at radius 3 is 3.27 bits per heavy atom. The van der Waals surface area contributed by atoms with E-state index < -0.39 is 0 Å². The molecule has 0 aromatic carbocycles. The van der Waals surface area contributed by atoms with Gasteiger partial charge in [-0.05, 0) is 0 Å². The van der Waals surface area contributed by atoms with Gasteiger partial charge in [0.05, 0.1) is 5.75 Å². The summed E-state index contributed by atoms with van der Waals surface area (Å²) in [5, 5.41) is 7.34.